The Kier molecular flexibility index (Phi) is 2.80. The normalized spacial score (nSPS) is 10.3. The molecule has 2 rings (SSSR count). The maximum absolute atomic E-state index is 10.9. The number of ether oxygens (including phenoxy) is 1. The average molecular weight is 248 g/mol. The summed E-state index contributed by atoms with van der Waals surface area (Å²) in [6, 6.07) is 6.58. The molecule has 0 heterocycles. The van der Waals surface area contributed by atoms with E-state index in [1.165, 1.54) is 37.4 Å². The molecule has 0 unspecified atom stereocenters. The van der Waals surface area contributed by atoms with E-state index in [2.05, 4.69) is 0 Å². The van der Waals surface area contributed by atoms with Crippen LogP contribution in [0.3, 0.4) is 0 Å². The second-order valence-electron chi connectivity index (χ2n) is 3.53. The van der Waals surface area contributed by atoms with Crippen molar-refractivity contribution in [3.63, 3.8) is 0 Å². The first-order valence-electron chi connectivity index (χ1n) is 4.94. The van der Waals surface area contributed by atoms with E-state index in [9.17, 15) is 20.2 Å². The van der Waals surface area contributed by atoms with Gasteiger partial charge in [0.15, 0.2) is 0 Å². The van der Waals surface area contributed by atoms with E-state index in [1.54, 1.807) is 0 Å². The van der Waals surface area contributed by atoms with Crippen molar-refractivity contribution >= 4 is 22.1 Å². The molecule has 0 atom stereocenters. The van der Waals surface area contributed by atoms with Crippen LogP contribution in [0, 0.1) is 20.2 Å². The number of fused-ring (bicyclic) bond motifs is 1. The molecular formula is C11H8N2O5. The van der Waals surface area contributed by atoms with Crippen molar-refractivity contribution in [2.45, 2.75) is 0 Å². The summed E-state index contributed by atoms with van der Waals surface area (Å²) in [6.45, 7) is 0. The maximum atomic E-state index is 10.9. The van der Waals surface area contributed by atoms with Crippen molar-refractivity contribution in [2.75, 3.05) is 7.11 Å². The predicted octanol–water partition coefficient (Wildman–Crippen LogP) is 2.66. The van der Waals surface area contributed by atoms with Crippen LogP contribution in [-0.2, 0) is 0 Å². The Balaban J connectivity index is 2.82. The van der Waals surface area contributed by atoms with E-state index in [0.717, 1.165) is 0 Å². The molecule has 0 saturated carbocycles. The van der Waals surface area contributed by atoms with Gasteiger partial charge in [0.2, 0.25) is 0 Å². The van der Waals surface area contributed by atoms with Crippen LogP contribution in [0.2, 0.25) is 0 Å². The number of methoxy groups -OCH3 is 1. The van der Waals surface area contributed by atoms with E-state index >= 15 is 0 Å². The van der Waals surface area contributed by atoms with E-state index in [-0.39, 0.29) is 11.4 Å². The van der Waals surface area contributed by atoms with E-state index in [1.807, 2.05) is 0 Å². The first-order valence-corrected chi connectivity index (χ1v) is 4.94. The van der Waals surface area contributed by atoms with Crippen LogP contribution in [-0.4, -0.2) is 17.0 Å². The predicted molar refractivity (Wildman–Crippen MR) is 63.8 cm³/mol. The monoisotopic (exact) mass is 248 g/mol. The smallest absolute Gasteiger partial charge is 0.277 e. The minimum atomic E-state index is -0.558. The summed E-state index contributed by atoms with van der Waals surface area (Å²) >= 11 is 0. The zero-order chi connectivity index (χ0) is 13.3. The summed E-state index contributed by atoms with van der Waals surface area (Å²) in [7, 11) is 1.40. The lowest BCUT2D eigenvalue weighted by atomic mass is 10.1. The van der Waals surface area contributed by atoms with Crippen molar-refractivity contribution in [2.24, 2.45) is 0 Å². The lowest BCUT2D eigenvalue weighted by Crippen LogP contribution is -1.94. The summed E-state index contributed by atoms with van der Waals surface area (Å²) in [6.07, 6.45) is 0. The largest absolute Gasteiger partial charge is 0.496 e. The molecule has 0 aliphatic carbocycles. The summed E-state index contributed by atoms with van der Waals surface area (Å²) < 4.78 is 5.05. The number of nitro benzene ring substituents is 2. The molecule has 0 fully saturated rings. The minimum absolute atomic E-state index is 0.110. The molecule has 0 aliphatic heterocycles. The molecule has 2 aromatic carbocycles. The Morgan fingerprint density at radius 1 is 1.00 bits per heavy atom. The van der Waals surface area contributed by atoms with Crippen LogP contribution in [0.25, 0.3) is 10.8 Å². The standard InChI is InChI=1S/C11H8N2O5/c1-18-11-5-4-10(13(16)17)8-3-2-7(12(14)15)6-9(8)11/h2-6H,1H3. The van der Waals surface area contributed by atoms with E-state index in [0.29, 0.717) is 16.5 Å². The Morgan fingerprint density at radius 2 is 1.72 bits per heavy atom. The Labute approximate surface area is 101 Å². The highest BCUT2D eigenvalue weighted by Crippen LogP contribution is 2.34. The number of hydrogen-bond donors (Lipinski definition) is 0. The molecule has 18 heavy (non-hydrogen) atoms. The molecular weight excluding hydrogens is 240 g/mol. The van der Waals surface area contributed by atoms with Crippen LogP contribution in [0.5, 0.6) is 5.75 Å². The molecule has 0 amide bonds. The van der Waals surface area contributed by atoms with Crippen molar-refractivity contribution in [3.8, 4) is 5.75 Å². The lowest BCUT2D eigenvalue weighted by molar-refractivity contribution is -0.385. The molecule has 7 nitrogen and oxygen atoms in total. The Morgan fingerprint density at radius 3 is 2.28 bits per heavy atom. The molecule has 0 N–H and O–H groups in total. The first-order chi connectivity index (χ1) is 8.54. The van der Waals surface area contributed by atoms with Gasteiger partial charge in [-0.2, -0.15) is 0 Å². The number of benzene rings is 2. The molecule has 0 bridgehead atoms. The zero-order valence-corrected chi connectivity index (χ0v) is 9.32. The van der Waals surface area contributed by atoms with E-state index in [4.69, 9.17) is 4.74 Å². The molecule has 0 aromatic heterocycles. The fraction of sp³-hybridized carbons (Fsp3) is 0.0909. The Hall–Kier alpha value is -2.70. The van der Waals surface area contributed by atoms with Gasteiger partial charge in [0, 0.05) is 23.6 Å². The Bertz CT molecular complexity index is 653. The number of nitrogens with zero attached hydrogens (tertiary/aromatic N) is 2. The number of hydrogen-bond acceptors (Lipinski definition) is 5. The van der Waals surface area contributed by atoms with Crippen molar-refractivity contribution < 1.29 is 14.6 Å². The molecule has 92 valence electrons. The van der Waals surface area contributed by atoms with Gasteiger partial charge in [0.25, 0.3) is 11.4 Å². The second kappa shape index (κ2) is 4.28. The van der Waals surface area contributed by atoms with Crippen LogP contribution in [0.4, 0.5) is 11.4 Å². The van der Waals surface area contributed by atoms with Crippen LogP contribution in [0.1, 0.15) is 0 Å². The van der Waals surface area contributed by atoms with Crippen LogP contribution in [0.15, 0.2) is 30.3 Å². The number of nitro groups is 2. The lowest BCUT2D eigenvalue weighted by Gasteiger charge is -2.05. The quantitative estimate of drug-likeness (QED) is 0.614. The van der Waals surface area contributed by atoms with Gasteiger partial charge in [0.05, 0.1) is 22.3 Å². The highest BCUT2D eigenvalue weighted by molar-refractivity contribution is 5.96. The highest BCUT2D eigenvalue weighted by Gasteiger charge is 2.17. The number of non-ortho nitro benzene ring substituents is 2. The van der Waals surface area contributed by atoms with Crippen LogP contribution < -0.4 is 4.74 Å². The molecule has 0 saturated heterocycles. The van der Waals surface area contributed by atoms with Crippen molar-refractivity contribution in [1.29, 1.82) is 0 Å². The zero-order valence-electron chi connectivity index (χ0n) is 9.32. The second-order valence-corrected chi connectivity index (χ2v) is 3.53. The third-order valence-electron chi connectivity index (χ3n) is 2.56. The topological polar surface area (TPSA) is 95.5 Å². The summed E-state index contributed by atoms with van der Waals surface area (Å²) in [5, 5.41) is 22.2. The summed E-state index contributed by atoms with van der Waals surface area (Å²) in [4.78, 5) is 20.5. The first kappa shape index (κ1) is 11.8. The van der Waals surface area contributed by atoms with E-state index < -0.39 is 9.85 Å². The van der Waals surface area contributed by atoms with Gasteiger partial charge in [0.1, 0.15) is 5.75 Å². The molecule has 0 spiro atoms. The van der Waals surface area contributed by atoms with Gasteiger partial charge in [-0.3, -0.25) is 20.2 Å². The maximum Gasteiger partial charge on any atom is 0.277 e. The van der Waals surface area contributed by atoms with Gasteiger partial charge >= 0.3 is 0 Å². The SMILES string of the molecule is COc1ccc([N+](=O)[O-])c2ccc([N+](=O)[O-])cc12. The van der Waals surface area contributed by atoms with Crippen LogP contribution >= 0.6 is 0 Å². The minimum Gasteiger partial charge on any atom is -0.496 e. The number of rotatable bonds is 3. The van der Waals surface area contributed by atoms with Crippen molar-refractivity contribution in [3.05, 3.63) is 50.6 Å². The highest BCUT2D eigenvalue weighted by atomic mass is 16.6. The molecule has 2 aromatic rings. The summed E-state index contributed by atoms with van der Waals surface area (Å²) in [5.41, 5.74) is -0.248. The third kappa shape index (κ3) is 1.81. The van der Waals surface area contributed by atoms with Gasteiger partial charge in [-0.05, 0) is 12.1 Å². The average Bonchev–Trinajstić information content (AvgIpc) is 2.36. The molecule has 0 aliphatic rings. The molecule has 7 heteroatoms. The fourth-order valence-electron chi connectivity index (χ4n) is 1.74. The van der Waals surface area contributed by atoms with Gasteiger partial charge in [-0.15, -0.1) is 0 Å². The van der Waals surface area contributed by atoms with Crippen molar-refractivity contribution in [1.82, 2.24) is 0 Å². The molecule has 0 radical (unpaired) electrons. The third-order valence-corrected chi connectivity index (χ3v) is 2.56. The van der Waals surface area contributed by atoms with Gasteiger partial charge in [-0.1, -0.05) is 0 Å². The van der Waals surface area contributed by atoms with Gasteiger partial charge in [-0.25, -0.2) is 0 Å². The fourth-order valence-corrected chi connectivity index (χ4v) is 1.74. The summed E-state index contributed by atoms with van der Waals surface area (Å²) in [5.74, 6) is 0.360. The van der Waals surface area contributed by atoms with Gasteiger partial charge < -0.3 is 4.74 Å².